The summed E-state index contributed by atoms with van der Waals surface area (Å²) in [5.41, 5.74) is 6.60. The lowest BCUT2D eigenvalue weighted by Gasteiger charge is -2.17. The van der Waals surface area contributed by atoms with Crippen molar-refractivity contribution < 1.29 is 9.53 Å². The number of aromatic nitrogens is 1. The van der Waals surface area contributed by atoms with E-state index in [0.29, 0.717) is 22.0 Å². The van der Waals surface area contributed by atoms with Crippen LogP contribution in [0.1, 0.15) is 27.0 Å². The number of rotatable bonds is 5. The first-order valence-electron chi connectivity index (χ1n) is 11.7. The molecule has 5 aromatic rings. The maximum atomic E-state index is 13.7. The number of hydrogen-bond donors (Lipinski definition) is 1. The van der Waals surface area contributed by atoms with Gasteiger partial charge in [-0.25, -0.2) is 4.98 Å². The Morgan fingerprint density at radius 3 is 2.28 bits per heavy atom. The van der Waals surface area contributed by atoms with Gasteiger partial charge in [0.25, 0.3) is 5.91 Å². The number of amides is 1. The molecule has 5 rings (SSSR count). The monoisotopic (exact) mass is 492 g/mol. The summed E-state index contributed by atoms with van der Waals surface area (Å²) in [6.45, 7) is 5.98. The third-order valence-electron chi connectivity index (χ3n) is 6.08. The van der Waals surface area contributed by atoms with Crippen molar-refractivity contribution in [2.24, 2.45) is 0 Å². The van der Waals surface area contributed by atoms with Gasteiger partial charge < -0.3 is 10.1 Å². The van der Waals surface area contributed by atoms with E-state index in [1.54, 1.807) is 0 Å². The van der Waals surface area contributed by atoms with E-state index in [9.17, 15) is 4.79 Å². The van der Waals surface area contributed by atoms with Crippen LogP contribution >= 0.6 is 11.6 Å². The Morgan fingerprint density at radius 1 is 0.833 bits per heavy atom. The summed E-state index contributed by atoms with van der Waals surface area (Å²) < 4.78 is 5.87. The highest BCUT2D eigenvalue weighted by Gasteiger charge is 2.20. The van der Waals surface area contributed by atoms with E-state index >= 15 is 0 Å². The van der Waals surface area contributed by atoms with Crippen LogP contribution in [0, 0.1) is 20.8 Å². The van der Waals surface area contributed by atoms with Gasteiger partial charge in [0.1, 0.15) is 11.5 Å². The number of aryl methyl sites for hydroxylation is 2. The van der Waals surface area contributed by atoms with Gasteiger partial charge in [-0.2, -0.15) is 0 Å². The van der Waals surface area contributed by atoms with Gasteiger partial charge >= 0.3 is 0 Å². The van der Waals surface area contributed by atoms with Crippen LogP contribution in [0.2, 0.25) is 5.02 Å². The molecule has 178 valence electrons. The minimum atomic E-state index is -0.190. The standard InChI is InChI=1S/C31H25ClN2O2/c1-19-16-20(2)29-27(17-19)28(21(3)30(34-29)22-8-7-9-23(32)18-22)31(35)33-24-12-14-26(15-13-24)36-25-10-5-4-6-11-25/h4-18H,1-3H3,(H,33,35). The van der Waals surface area contributed by atoms with E-state index in [-0.39, 0.29) is 5.91 Å². The predicted octanol–water partition coefficient (Wildman–Crippen LogP) is 8.53. The molecule has 0 aliphatic carbocycles. The Labute approximate surface area is 215 Å². The predicted molar refractivity (Wildman–Crippen MR) is 147 cm³/mol. The molecule has 0 atom stereocenters. The lowest BCUT2D eigenvalue weighted by molar-refractivity contribution is 0.102. The largest absolute Gasteiger partial charge is 0.457 e. The van der Waals surface area contributed by atoms with E-state index in [2.05, 4.69) is 11.4 Å². The van der Waals surface area contributed by atoms with Crippen LogP contribution in [-0.4, -0.2) is 10.9 Å². The number of nitrogens with one attached hydrogen (secondary N) is 1. The second-order valence-corrected chi connectivity index (χ2v) is 9.28. The van der Waals surface area contributed by atoms with Crippen molar-refractivity contribution in [1.29, 1.82) is 0 Å². The van der Waals surface area contributed by atoms with Gasteiger partial charge in [-0.15, -0.1) is 0 Å². The zero-order valence-corrected chi connectivity index (χ0v) is 21.1. The van der Waals surface area contributed by atoms with E-state index in [1.165, 1.54) is 0 Å². The number of carbonyl (C=O) groups excluding carboxylic acids is 1. The molecule has 0 saturated carbocycles. The summed E-state index contributed by atoms with van der Waals surface area (Å²) in [5.74, 6) is 1.26. The molecule has 4 nitrogen and oxygen atoms in total. The summed E-state index contributed by atoms with van der Waals surface area (Å²) in [7, 11) is 0. The van der Waals surface area contributed by atoms with Crippen molar-refractivity contribution >= 4 is 34.1 Å². The number of anilines is 1. The molecule has 0 spiro atoms. The molecule has 0 aliphatic rings. The summed E-state index contributed by atoms with van der Waals surface area (Å²) >= 11 is 6.27. The smallest absolute Gasteiger partial charge is 0.256 e. The van der Waals surface area contributed by atoms with Crippen LogP contribution in [0.5, 0.6) is 11.5 Å². The summed E-state index contributed by atoms with van der Waals surface area (Å²) in [5, 5.41) is 4.52. The normalized spacial score (nSPS) is 10.9. The molecule has 1 aromatic heterocycles. The summed E-state index contributed by atoms with van der Waals surface area (Å²) in [4.78, 5) is 18.7. The molecule has 0 aliphatic heterocycles. The van der Waals surface area contributed by atoms with Crippen molar-refractivity contribution in [2.75, 3.05) is 5.32 Å². The maximum absolute atomic E-state index is 13.7. The third-order valence-corrected chi connectivity index (χ3v) is 6.32. The Morgan fingerprint density at radius 2 is 1.56 bits per heavy atom. The first kappa shape index (κ1) is 23.6. The van der Waals surface area contributed by atoms with Crippen molar-refractivity contribution in [2.45, 2.75) is 20.8 Å². The molecule has 1 N–H and O–H groups in total. The fraction of sp³-hybridized carbons (Fsp3) is 0.0968. The molecular weight excluding hydrogens is 468 g/mol. The Balaban J connectivity index is 1.53. The third kappa shape index (κ3) is 4.81. The lowest BCUT2D eigenvalue weighted by atomic mass is 9.94. The number of ether oxygens (including phenoxy) is 1. The van der Waals surface area contributed by atoms with Crippen LogP contribution in [-0.2, 0) is 0 Å². The molecule has 0 saturated heterocycles. The second kappa shape index (κ2) is 9.84. The zero-order valence-electron chi connectivity index (χ0n) is 20.3. The minimum absolute atomic E-state index is 0.190. The van der Waals surface area contributed by atoms with Crippen LogP contribution in [0.25, 0.3) is 22.2 Å². The highest BCUT2D eigenvalue weighted by Crippen LogP contribution is 2.33. The molecule has 5 heteroatoms. The van der Waals surface area contributed by atoms with E-state index in [4.69, 9.17) is 21.3 Å². The van der Waals surface area contributed by atoms with Crippen molar-refractivity contribution in [3.8, 4) is 22.8 Å². The Hall–Kier alpha value is -4.15. The van der Waals surface area contributed by atoms with Gasteiger partial charge in [0.2, 0.25) is 0 Å². The molecule has 0 unspecified atom stereocenters. The maximum Gasteiger partial charge on any atom is 0.256 e. The molecule has 1 amide bonds. The Bertz CT molecular complexity index is 1580. The van der Waals surface area contributed by atoms with Crippen LogP contribution < -0.4 is 10.1 Å². The number of nitrogens with zero attached hydrogens (tertiary/aromatic N) is 1. The first-order chi connectivity index (χ1) is 17.4. The van der Waals surface area contributed by atoms with E-state index in [0.717, 1.165) is 44.6 Å². The first-order valence-corrected chi connectivity index (χ1v) is 12.1. The number of carbonyl (C=O) groups is 1. The van der Waals surface area contributed by atoms with Crippen molar-refractivity contribution in [3.63, 3.8) is 0 Å². The average Bonchev–Trinajstić information content (AvgIpc) is 2.85. The average molecular weight is 493 g/mol. The number of halogens is 1. The van der Waals surface area contributed by atoms with Gasteiger partial charge in [0.05, 0.1) is 16.8 Å². The summed E-state index contributed by atoms with van der Waals surface area (Å²) in [6, 6.07) is 28.6. The van der Waals surface area contributed by atoms with E-state index < -0.39 is 0 Å². The minimum Gasteiger partial charge on any atom is -0.457 e. The van der Waals surface area contributed by atoms with Gasteiger partial charge in [-0.05, 0) is 86.5 Å². The molecule has 0 bridgehead atoms. The highest BCUT2D eigenvalue weighted by atomic mass is 35.5. The SMILES string of the molecule is Cc1cc(C)c2nc(-c3cccc(Cl)c3)c(C)c(C(=O)Nc3ccc(Oc4ccccc4)cc3)c2c1. The lowest BCUT2D eigenvalue weighted by Crippen LogP contribution is -2.15. The molecule has 36 heavy (non-hydrogen) atoms. The van der Waals surface area contributed by atoms with Crippen LogP contribution in [0.3, 0.4) is 0 Å². The zero-order chi connectivity index (χ0) is 25.2. The number of fused-ring (bicyclic) bond motifs is 1. The van der Waals surface area contributed by atoms with Crippen LogP contribution in [0.15, 0.2) is 91.0 Å². The second-order valence-electron chi connectivity index (χ2n) is 8.84. The topological polar surface area (TPSA) is 51.2 Å². The fourth-order valence-corrected chi connectivity index (χ4v) is 4.64. The number of hydrogen-bond acceptors (Lipinski definition) is 3. The Kier molecular flexibility index (Phi) is 6.45. The number of para-hydroxylation sites is 1. The van der Waals surface area contributed by atoms with Crippen molar-refractivity contribution in [3.05, 3.63) is 118 Å². The van der Waals surface area contributed by atoms with Crippen molar-refractivity contribution in [1.82, 2.24) is 4.98 Å². The quantitative estimate of drug-likeness (QED) is 0.267. The summed E-state index contributed by atoms with van der Waals surface area (Å²) in [6.07, 6.45) is 0. The van der Waals surface area contributed by atoms with Gasteiger partial charge in [-0.3, -0.25) is 4.79 Å². The molecule has 0 radical (unpaired) electrons. The van der Waals surface area contributed by atoms with E-state index in [1.807, 2.05) is 106 Å². The molecule has 0 fully saturated rings. The molecular formula is C31H25ClN2O2. The van der Waals surface area contributed by atoms with Gasteiger partial charge in [-0.1, -0.05) is 53.6 Å². The number of pyridine rings is 1. The molecule has 4 aromatic carbocycles. The van der Waals surface area contributed by atoms with Gasteiger partial charge in [0, 0.05) is 21.7 Å². The fourth-order valence-electron chi connectivity index (χ4n) is 4.45. The van der Waals surface area contributed by atoms with Gasteiger partial charge in [0.15, 0.2) is 0 Å². The van der Waals surface area contributed by atoms with Crippen LogP contribution in [0.4, 0.5) is 5.69 Å². The number of benzene rings is 4. The molecule has 1 heterocycles. The highest BCUT2D eigenvalue weighted by molar-refractivity contribution is 6.30.